The van der Waals surface area contributed by atoms with E-state index in [1.807, 2.05) is 0 Å². The summed E-state index contributed by atoms with van der Waals surface area (Å²) >= 11 is 0. The van der Waals surface area contributed by atoms with Crippen molar-refractivity contribution < 1.29 is 13.2 Å². The second kappa shape index (κ2) is 5.49. The molecule has 0 radical (unpaired) electrons. The van der Waals surface area contributed by atoms with E-state index in [4.69, 9.17) is 0 Å². The van der Waals surface area contributed by atoms with Gasteiger partial charge in [0, 0.05) is 26.6 Å². The first-order valence-corrected chi connectivity index (χ1v) is 6.92. The number of nitrogens with one attached hydrogen (secondary N) is 2. The summed E-state index contributed by atoms with van der Waals surface area (Å²) in [6.07, 6.45) is 1.27. The van der Waals surface area contributed by atoms with Gasteiger partial charge in [0.15, 0.2) is 5.03 Å². The highest BCUT2D eigenvalue weighted by atomic mass is 32.2. The smallest absolute Gasteiger partial charge is 0.259 e. The van der Waals surface area contributed by atoms with Crippen LogP contribution in [0.5, 0.6) is 0 Å². The second-order valence-corrected chi connectivity index (χ2v) is 6.15. The maximum absolute atomic E-state index is 12.1. The molecule has 0 fully saturated rings. The van der Waals surface area contributed by atoms with Crippen molar-refractivity contribution in [3.8, 4) is 0 Å². The zero-order valence-corrected chi connectivity index (χ0v) is 11.7. The Morgan fingerprint density at radius 3 is 2.67 bits per heavy atom. The van der Waals surface area contributed by atoms with E-state index >= 15 is 0 Å². The molecular formula is C10H18N4O3S. The number of hydrogen-bond donors (Lipinski definition) is 2. The van der Waals surface area contributed by atoms with Crippen molar-refractivity contribution in [3.63, 3.8) is 0 Å². The minimum absolute atomic E-state index is 0.0339. The van der Waals surface area contributed by atoms with Gasteiger partial charge in [-0.15, -0.1) is 0 Å². The van der Waals surface area contributed by atoms with Crippen LogP contribution >= 0.6 is 0 Å². The number of carbonyl (C=O) groups excluding carboxylic acids is 1. The van der Waals surface area contributed by atoms with Crippen LogP contribution in [-0.4, -0.2) is 49.2 Å². The Morgan fingerprint density at radius 1 is 1.61 bits per heavy atom. The Bertz CT molecular complexity index is 523. The van der Waals surface area contributed by atoms with Gasteiger partial charge in [-0.2, -0.15) is 4.31 Å². The number of hydrogen-bond acceptors (Lipinski definition) is 4. The van der Waals surface area contributed by atoms with Crippen LogP contribution in [0.1, 0.15) is 12.7 Å². The molecule has 1 heterocycles. The van der Waals surface area contributed by atoms with Gasteiger partial charge in [-0.3, -0.25) is 4.79 Å². The lowest BCUT2D eigenvalue weighted by Gasteiger charge is -2.19. The van der Waals surface area contributed by atoms with Crippen LogP contribution in [0.25, 0.3) is 0 Å². The van der Waals surface area contributed by atoms with E-state index in [2.05, 4.69) is 15.3 Å². The molecular weight excluding hydrogens is 256 g/mol. The molecule has 1 aromatic heterocycles. The first kappa shape index (κ1) is 14.7. The van der Waals surface area contributed by atoms with E-state index in [1.165, 1.54) is 20.3 Å². The Kier molecular flexibility index (Phi) is 4.47. The molecule has 18 heavy (non-hydrogen) atoms. The number of rotatable bonds is 5. The molecule has 0 saturated heterocycles. The molecule has 1 unspecified atom stereocenters. The third-order valence-electron chi connectivity index (χ3n) is 2.59. The Morgan fingerprint density at radius 2 is 2.22 bits per heavy atom. The van der Waals surface area contributed by atoms with Crippen LogP contribution in [0.4, 0.5) is 0 Å². The third-order valence-corrected chi connectivity index (χ3v) is 4.33. The van der Waals surface area contributed by atoms with Gasteiger partial charge < -0.3 is 10.3 Å². The van der Waals surface area contributed by atoms with Crippen molar-refractivity contribution in [1.29, 1.82) is 0 Å². The average Bonchev–Trinajstić information content (AvgIpc) is 2.75. The van der Waals surface area contributed by atoms with Gasteiger partial charge in [-0.05, 0) is 6.92 Å². The van der Waals surface area contributed by atoms with Crippen LogP contribution in [-0.2, 0) is 14.8 Å². The van der Waals surface area contributed by atoms with Crippen molar-refractivity contribution in [3.05, 3.63) is 12.0 Å². The van der Waals surface area contributed by atoms with Crippen LogP contribution in [0, 0.1) is 12.8 Å². The average molecular weight is 274 g/mol. The molecule has 2 N–H and O–H groups in total. The van der Waals surface area contributed by atoms with E-state index in [1.54, 1.807) is 13.8 Å². The summed E-state index contributed by atoms with van der Waals surface area (Å²) in [6.45, 7) is 3.45. The number of imidazole rings is 1. The Labute approximate surface area is 107 Å². The highest BCUT2D eigenvalue weighted by Gasteiger charge is 2.25. The SMILES string of the molecule is CNC(=O)C(C)CN(C)S(=O)(=O)c1cnc(C)[nH]1. The van der Waals surface area contributed by atoms with Crippen molar-refractivity contribution >= 4 is 15.9 Å². The Hall–Kier alpha value is -1.41. The predicted molar refractivity (Wildman–Crippen MR) is 66.4 cm³/mol. The first-order chi connectivity index (χ1) is 8.28. The molecule has 1 aromatic rings. The van der Waals surface area contributed by atoms with Crippen LogP contribution < -0.4 is 5.32 Å². The fourth-order valence-corrected chi connectivity index (χ4v) is 2.73. The Balaban J connectivity index is 2.83. The molecule has 102 valence electrons. The molecule has 1 amide bonds. The third kappa shape index (κ3) is 3.08. The summed E-state index contributed by atoms with van der Waals surface area (Å²) in [5.74, 6) is -0.0852. The van der Waals surface area contributed by atoms with Crippen molar-refractivity contribution in [2.24, 2.45) is 5.92 Å². The maximum atomic E-state index is 12.1. The molecule has 1 rings (SSSR count). The fraction of sp³-hybridized carbons (Fsp3) is 0.600. The van der Waals surface area contributed by atoms with E-state index in [0.717, 1.165) is 4.31 Å². The van der Waals surface area contributed by atoms with Crippen molar-refractivity contribution in [2.75, 3.05) is 20.6 Å². The van der Waals surface area contributed by atoms with Gasteiger partial charge >= 0.3 is 0 Å². The lowest BCUT2D eigenvalue weighted by molar-refractivity contribution is -0.124. The molecule has 0 saturated carbocycles. The molecule has 8 heteroatoms. The number of nitrogens with zero attached hydrogens (tertiary/aromatic N) is 2. The first-order valence-electron chi connectivity index (χ1n) is 5.48. The summed E-state index contributed by atoms with van der Waals surface area (Å²) in [4.78, 5) is 17.9. The molecule has 7 nitrogen and oxygen atoms in total. The molecule has 0 aliphatic heterocycles. The summed E-state index contributed by atoms with van der Waals surface area (Å²) in [7, 11) is -0.665. The van der Waals surface area contributed by atoms with Crippen LogP contribution in [0.15, 0.2) is 11.2 Å². The topological polar surface area (TPSA) is 95.2 Å². The van der Waals surface area contributed by atoms with Gasteiger partial charge in [-0.25, -0.2) is 13.4 Å². The molecule has 0 aliphatic carbocycles. The standard InChI is InChI=1S/C10H18N4O3S/c1-7(10(15)11-3)6-14(4)18(16,17)9-5-12-8(2)13-9/h5,7H,6H2,1-4H3,(H,11,15)(H,12,13). The number of aromatic nitrogens is 2. The van der Waals surface area contributed by atoms with Crippen molar-refractivity contribution in [2.45, 2.75) is 18.9 Å². The quantitative estimate of drug-likeness (QED) is 0.772. The van der Waals surface area contributed by atoms with Gasteiger partial charge in [0.1, 0.15) is 5.82 Å². The normalized spacial score (nSPS) is 13.6. The lowest BCUT2D eigenvalue weighted by atomic mass is 10.2. The minimum Gasteiger partial charge on any atom is -0.359 e. The number of sulfonamides is 1. The number of H-pyrrole nitrogens is 1. The van der Waals surface area contributed by atoms with Gasteiger partial charge in [0.05, 0.1) is 6.20 Å². The second-order valence-electron chi connectivity index (χ2n) is 4.13. The van der Waals surface area contributed by atoms with Gasteiger partial charge in [-0.1, -0.05) is 6.92 Å². The highest BCUT2D eigenvalue weighted by Crippen LogP contribution is 2.13. The number of aryl methyl sites for hydroxylation is 1. The largest absolute Gasteiger partial charge is 0.359 e. The number of amides is 1. The molecule has 0 spiro atoms. The predicted octanol–water partition coefficient (Wildman–Crippen LogP) is -0.279. The molecule has 1 atom stereocenters. The number of carbonyl (C=O) groups is 1. The number of aromatic amines is 1. The van der Waals surface area contributed by atoms with E-state index in [0.29, 0.717) is 5.82 Å². The van der Waals surface area contributed by atoms with Gasteiger partial charge in [0.2, 0.25) is 5.91 Å². The summed E-state index contributed by atoms with van der Waals surface area (Å²) in [5.41, 5.74) is 0. The van der Waals surface area contributed by atoms with E-state index < -0.39 is 15.9 Å². The molecule has 0 aliphatic rings. The maximum Gasteiger partial charge on any atom is 0.259 e. The summed E-state index contributed by atoms with van der Waals surface area (Å²) < 4.78 is 25.4. The van der Waals surface area contributed by atoms with Crippen LogP contribution in [0.3, 0.4) is 0 Å². The monoisotopic (exact) mass is 274 g/mol. The molecule has 0 bridgehead atoms. The van der Waals surface area contributed by atoms with E-state index in [9.17, 15) is 13.2 Å². The van der Waals surface area contributed by atoms with Crippen LogP contribution in [0.2, 0.25) is 0 Å². The molecule has 0 aromatic carbocycles. The summed E-state index contributed by atoms with van der Waals surface area (Å²) in [6, 6.07) is 0. The summed E-state index contributed by atoms with van der Waals surface area (Å²) in [5, 5.41) is 2.52. The minimum atomic E-state index is -3.62. The zero-order chi connectivity index (χ0) is 13.9. The highest BCUT2D eigenvalue weighted by molar-refractivity contribution is 7.89. The van der Waals surface area contributed by atoms with Gasteiger partial charge in [0.25, 0.3) is 10.0 Å². The lowest BCUT2D eigenvalue weighted by Crippen LogP contribution is -2.37. The van der Waals surface area contributed by atoms with E-state index in [-0.39, 0.29) is 17.5 Å². The zero-order valence-electron chi connectivity index (χ0n) is 10.9. The fourth-order valence-electron chi connectivity index (χ4n) is 1.51. The van der Waals surface area contributed by atoms with Crippen molar-refractivity contribution in [1.82, 2.24) is 19.6 Å².